The van der Waals surface area contributed by atoms with Crippen LogP contribution in [0.15, 0.2) is 39.2 Å². The van der Waals surface area contributed by atoms with Gasteiger partial charge in [-0.25, -0.2) is 0 Å². The van der Waals surface area contributed by atoms with Crippen LogP contribution in [0.25, 0.3) is 17.0 Å². The molecule has 0 unspecified atom stereocenters. The van der Waals surface area contributed by atoms with E-state index in [2.05, 4.69) is 16.0 Å². The molecule has 2 heterocycles. The highest BCUT2D eigenvalue weighted by Gasteiger charge is 2.19. The molecular weight excluding hydrogens is 356 g/mol. The second-order valence-electron chi connectivity index (χ2n) is 5.18. The molecule has 8 heteroatoms. The van der Waals surface area contributed by atoms with Gasteiger partial charge in [-0.1, -0.05) is 6.07 Å². The average molecular weight is 370 g/mol. The van der Waals surface area contributed by atoms with Gasteiger partial charge in [0.2, 0.25) is 0 Å². The van der Waals surface area contributed by atoms with Gasteiger partial charge >= 0.3 is 0 Å². The smallest absolute Gasteiger partial charge is 0.286 e. The lowest BCUT2D eigenvalue weighted by Crippen LogP contribution is -2.01. The van der Waals surface area contributed by atoms with Gasteiger partial charge in [-0.3, -0.25) is 9.78 Å². The summed E-state index contributed by atoms with van der Waals surface area (Å²) in [6.45, 7) is 0.107. The van der Waals surface area contributed by atoms with Crippen LogP contribution in [0.3, 0.4) is 0 Å². The third-order valence-electron chi connectivity index (χ3n) is 3.45. The molecule has 6 nitrogen and oxygen atoms in total. The van der Waals surface area contributed by atoms with E-state index < -0.39 is 0 Å². The Morgan fingerprint density at radius 2 is 2.28 bits per heavy atom. The normalized spacial score (nSPS) is 15.6. The lowest BCUT2D eigenvalue weighted by molar-refractivity contribution is -0.113. The number of fused-ring (bicyclic) bond motifs is 1. The van der Waals surface area contributed by atoms with Crippen LogP contribution in [0.5, 0.6) is 0 Å². The minimum atomic E-state index is -0.343. The fourth-order valence-electron chi connectivity index (χ4n) is 2.33. The number of pyridine rings is 1. The van der Waals surface area contributed by atoms with E-state index in [-0.39, 0.29) is 17.7 Å². The Balaban J connectivity index is 2.03. The predicted octanol–water partition coefficient (Wildman–Crippen LogP) is 2.51. The van der Waals surface area contributed by atoms with E-state index in [4.69, 9.17) is 10.8 Å². The highest BCUT2D eigenvalue weighted by atomic mass is 32.2. The number of carbonyl (C=O) groups excluding carboxylic acids is 1. The number of benzene rings is 1. The number of rotatable bonds is 5. The number of hydrogen-bond acceptors (Lipinski definition) is 7. The molecule has 1 aromatic heterocycles. The van der Waals surface area contributed by atoms with Gasteiger partial charge < -0.3 is 10.8 Å². The largest absolute Gasteiger partial charge is 0.396 e. The van der Waals surface area contributed by atoms with Gasteiger partial charge in [-0.2, -0.15) is 10.3 Å². The van der Waals surface area contributed by atoms with Crippen molar-refractivity contribution in [3.05, 3.63) is 40.4 Å². The van der Waals surface area contributed by atoms with E-state index in [0.29, 0.717) is 22.6 Å². The third-order valence-corrected chi connectivity index (χ3v) is 5.48. The molecule has 0 radical (unpaired) electrons. The van der Waals surface area contributed by atoms with Gasteiger partial charge in [-0.15, -0.1) is 11.8 Å². The quantitative estimate of drug-likeness (QED) is 0.472. The molecule has 1 aliphatic rings. The minimum Gasteiger partial charge on any atom is -0.396 e. The number of carbonyl (C=O) groups is 1. The van der Waals surface area contributed by atoms with Crippen molar-refractivity contribution < 1.29 is 9.90 Å². The molecule has 1 amide bonds. The molecule has 0 fully saturated rings. The van der Waals surface area contributed by atoms with Crippen LogP contribution in [-0.4, -0.2) is 33.5 Å². The first-order chi connectivity index (χ1) is 12.1. The van der Waals surface area contributed by atoms with E-state index >= 15 is 0 Å². The number of hydrogen-bond donors (Lipinski definition) is 2. The van der Waals surface area contributed by atoms with Crippen molar-refractivity contribution in [2.24, 2.45) is 10.7 Å². The van der Waals surface area contributed by atoms with E-state index in [0.717, 1.165) is 33.1 Å². The summed E-state index contributed by atoms with van der Waals surface area (Å²) >= 11 is 2.66. The molecule has 1 aliphatic heterocycles. The Bertz CT molecular complexity index is 948. The van der Waals surface area contributed by atoms with Crippen molar-refractivity contribution in [1.29, 1.82) is 5.26 Å². The Morgan fingerprint density at radius 1 is 1.44 bits per heavy atom. The first-order valence-electron chi connectivity index (χ1n) is 7.47. The second kappa shape index (κ2) is 7.70. The fraction of sp³-hybridized carbons (Fsp3) is 0.176. The number of nitrogens with zero attached hydrogens (tertiary/aromatic N) is 3. The second-order valence-corrected chi connectivity index (χ2v) is 7.35. The maximum Gasteiger partial charge on any atom is 0.286 e. The van der Waals surface area contributed by atoms with Crippen molar-refractivity contribution in [2.45, 2.75) is 11.3 Å². The highest BCUT2D eigenvalue weighted by molar-refractivity contribution is 8.18. The summed E-state index contributed by atoms with van der Waals surface area (Å²) in [6.07, 6.45) is 3.94. The van der Waals surface area contributed by atoms with Crippen LogP contribution in [0.1, 0.15) is 17.5 Å². The van der Waals surface area contributed by atoms with Gasteiger partial charge in [0.1, 0.15) is 6.07 Å². The maximum absolute atomic E-state index is 11.8. The van der Waals surface area contributed by atoms with Gasteiger partial charge in [0.05, 0.1) is 16.0 Å². The summed E-state index contributed by atoms with van der Waals surface area (Å²) in [6, 6.07) is 7.78. The molecular formula is C17H14N4O2S2. The van der Waals surface area contributed by atoms with E-state index in [1.807, 2.05) is 18.2 Å². The number of thioether (sulfide) groups is 2. The summed E-state index contributed by atoms with van der Waals surface area (Å²) < 4.78 is 0. The fourth-order valence-corrected chi connectivity index (χ4v) is 4.06. The van der Waals surface area contributed by atoms with E-state index in [9.17, 15) is 10.1 Å². The Hall–Kier alpha value is -2.34. The molecule has 0 spiro atoms. The minimum absolute atomic E-state index is 0.107. The molecule has 0 atom stereocenters. The van der Waals surface area contributed by atoms with Crippen molar-refractivity contribution in [3.8, 4) is 6.07 Å². The maximum atomic E-state index is 11.8. The molecule has 0 aliphatic carbocycles. The van der Waals surface area contributed by atoms with Crippen molar-refractivity contribution in [2.75, 3.05) is 12.4 Å². The van der Waals surface area contributed by atoms with Crippen LogP contribution in [0.4, 0.5) is 0 Å². The van der Waals surface area contributed by atoms with Crippen molar-refractivity contribution in [3.63, 3.8) is 0 Å². The van der Waals surface area contributed by atoms with Crippen LogP contribution >= 0.6 is 23.5 Å². The topological polar surface area (TPSA) is 112 Å². The first kappa shape index (κ1) is 17.5. The summed E-state index contributed by atoms with van der Waals surface area (Å²) in [5.74, 6) is 0.359. The van der Waals surface area contributed by atoms with Crippen LogP contribution in [0.2, 0.25) is 0 Å². The third kappa shape index (κ3) is 3.85. The Morgan fingerprint density at radius 3 is 2.96 bits per heavy atom. The molecule has 0 saturated heterocycles. The lowest BCUT2D eigenvalue weighted by Gasteiger charge is -2.08. The van der Waals surface area contributed by atoms with Gasteiger partial charge in [0.15, 0.2) is 5.17 Å². The lowest BCUT2D eigenvalue weighted by atomic mass is 10.1. The zero-order chi connectivity index (χ0) is 17.8. The summed E-state index contributed by atoms with van der Waals surface area (Å²) in [4.78, 5) is 21.1. The Labute approximate surface area is 152 Å². The standard InChI is InChI=1S/C17H14N4O2S2/c18-8-11-9-20-13-3-2-10(7-14-16(23)21-17(19)25-14)6-12(13)15(11)24-5-1-4-22/h2-3,6-7,9,22H,1,4-5H2,(H2,19,21,23)/b14-7+. The number of nitriles is 1. The monoisotopic (exact) mass is 370 g/mol. The van der Waals surface area contributed by atoms with Crippen molar-refractivity contribution >= 4 is 51.6 Å². The first-order valence-corrected chi connectivity index (χ1v) is 9.27. The van der Waals surface area contributed by atoms with Crippen LogP contribution in [-0.2, 0) is 4.79 Å². The number of amidine groups is 1. The molecule has 2 aromatic rings. The molecule has 0 saturated carbocycles. The SMILES string of the molecule is N#Cc1cnc2ccc(/C=C3/SC(N)=NC3=O)cc2c1SCCCO. The van der Waals surface area contributed by atoms with E-state index in [1.165, 1.54) is 11.8 Å². The Kier molecular flexibility index (Phi) is 5.38. The molecule has 3 rings (SSSR count). The zero-order valence-corrected chi connectivity index (χ0v) is 14.7. The van der Waals surface area contributed by atoms with Crippen LogP contribution < -0.4 is 5.73 Å². The predicted molar refractivity (Wildman–Crippen MR) is 101 cm³/mol. The summed E-state index contributed by atoms with van der Waals surface area (Å²) in [7, 11) is 0. The van der Waals surface area contributed by atoms with E-state index in [1.54, 1.807) is 12.3 Å². The van der Waals surface area contributed by atoms with Gasteiger partial charge in [0, 0.05) is 28.8 Å². The average Bonchev–Trinajstić information content (AvgIpc) is 2.92. The molecule has 25 heavy (non-hydrogen) atoms. The molecule has 3 N–H and O–H groups in total. The van der Waals surface area contributed by atoms with Gasteiger partial charge in [0.25, 0.3) is 5.91 Å². The number of nitrogens with two attached hydrogens (primary N) is 1. The number of aliphatic imine (C=N–C) groups is 1. The summed E-state index contributed by atoms with van der Waals surface area (Å²) in [5, 5.41) is 19.4. The van der Waals surface area contributed by atoms with Crippen LogP contribution in [0, 0.1) is 11.3 Å². The number of aromatic nitrogens is 1. The zero-order valence-electron chi connectivity index (χ0n) is 13.1. The number of amides is 1. The summed E-state index contributed by atoms with van der Waals surface area (Å²) in [5.41, 5.74) is 7.66. The molecule has 0 bridgehead atoms. The van der Waals surface area contributed by atoms with Crippen molar-refractivity contribution in [1.82, 2.24) is 4.98 Å². The molecule has 126 valence electrons. The highest BCUT2D eigenvalue weighted by Crippen LogP contribution is 2.33. The molecule has 1 aromatic carbocycles. The van der Waals surface area contributed by atoms with Gasteiger partial charge in [-0.05, 0) is 42.0 Å². The number of aliphatic hydroxyl groups excluding tert-OH is 1. The number of aliphatic hydroxyl groups is 1.